The lowest BCUT2D eigenvalue weighted by Crippen LogP contribution is -2.76. The first kappa shape index (κ1) is 10.9. The Labute approximate surface area is 89.8 Å². The topological polar surface area (TPSA) is 53.5 Å². The van der Waals surface area contributed by atoms with Gasteiger partial charge in [0, 0.05) is 6.07 Å². The molecule has 2 N–H and O–H groups in total. The third-order valence-corrected chi connectivity index (χ3v) is 2.00. The van der Waals surface area contributed by atoms with E-state index in [1.165, 1.54) is 31.8 Å². The van der Waals surface area contributed by atoms with Crippen molar-refractivity contribution in [2.24, 2.45) is 0 Å². The van der Waals surface area contributed by atoms with Gasteiger partial charge < -0.3 is 14.2 Å². The summed E-state index contributed by atoms with van der Waals surface area (Å²) in [6, 6.07) is 2.68. The van der Waals surface area contributed by atoms with E-state index < -0.39 is 6.29 Å². The molecule has 0 bridgehead atoms. The van der Waals surface area contributed by atoms with Crippen molar-refractivity contribution in [1.29, 1.82) is 0 Å². The Balaban J connectivity index is 2.38. The van der Waals surface area contributed by atoms with Crippen LogP contribution < -0.4 is 19.7 Å². The molecule has 0 atom stereocenters. The average molecular weight is 234 g/mol. The van der Waals surface area contributed by atoms with Gasteiger partial charge in [0.05, 0.1) is 20.3 Å². The highest BCUT2D eigenvalue weighted by Crippen LogP contribution is 2.44. The summed E-state index contributed by atoms with van der Waals surface area (Å²) in [4.78, 5) is 4.79. The van der Waals surface area contributed by atoms with E-state index in [4.69, 9.17) is 9.57 Å². The van der Waals surface area contributed by atoms with E-state index in [1.807, 2.05) is 0 Å². The van der Waals surface area contributed by atoms with Gasteiger partial charge in [-0.1, -0.05) is 0 Å². The molecule has 0 unspecified atom stereocenters. The number of quaternary nitrogens is 1. The van der Waals surface area contributed by atoms with Crippen molar-refractivity contribution < 1.29 is 33.3 Å². The molecule has 1 aromatic rings. The molecule has 0 saturated carbocycles. The fraction of sp³-hybridized carbons (Fsp3) is 0.333. The van der Waals surface area contributed by atoms with Gasteiger partial charge in [0.2, 0.25) is 5.69 Å². The van der Waals surface area contributed by atoms with Crippen molar-refractivity contribution in [3.8, 4) is 17.2 Å². The average Bonchev–Trinajstić information content (AvgIpc) is 2.50. The lowest BCUT2D eigenvalue weighted by Gasteiger charge is -2.04. The second-order valence-corrected chi connectivity index (χ2v) is 3.06. The third kappa shape index (κ3) is 1.86. The van der Waals surface area contributed by atoms with E-state index in [0.717, 1.165) is 0 Å². The van der Waals surface area contributed by atoms with Gasteiger partial charge in [0.25, 0.3) is 0 Å². The Hall–Kier alpha value is -1.60. The summed E-state index contributed by atoms with van der Waals surface area (Å²) >= 11 is 0. The van der Waals surface area contributed by atoms with Crippen LogP contribution in [-0.4, -0.2) is 20.5 Å². The quantitative estimate of drug-likeness (QED) is 0.620. The number of rotatable bonds is 3. The summed E-state index contributed by atoms with van der Waals surface area (Å²) in [5.41, 5.74) is 1.85. The highest BCUT2D eigenvalue weighted by molar-refractivity contribution is 5.58. The molecular formula is C9H10F2NO4+. The van der Waals surface area contributed by atoms with Gasteiger partial charge in [-0.3, -0.25) is 0 Å². The largest absolute Gasteiger partial charge is 0.586 e. The van der Waals surface area contributed by atoms with E-state index in [-0.39, 0.29) is 11.5 Å². The van der Waals surface area contributed by atoms with E-state index in [2.05, 4.69) is 9.47 Å². The molecule has 16 heavy (non-hydrogen) atoms. The van der Waals surface area contributed by atoms with Gasteiger partial charge in [-0.15, -0.1) is 8.78 Å². The van der Waals surface area contributed by atoms with Gasteiger partial charge in [-0.05, 0) is 0 Å². The minimum atomic E-state index is -3.63. The highest BCUT2D eigenvalue weighted by Gasteiger charge is 2.44. The smallest absolute Gasteiger partial charge is 0.491 e. The van der Waals surface area contributed by atoms with Crippen LogP contribution in [0.15, 0.2) is 12.1 Å². The zero-order valence-corrected chi connectivity index (χ0v) is 8.62. The summed E-state index contributed by atoms with van der Waals surface area (Å²) in [7, 11) is 2.86. The third-order valence-electron chi connectivity index (χ3n) is 2.00. The van der Waals surface area contributed by atoms with Crippen molar-refractivity contribution in [1.82, 2.24) is 0 Å². The summed E-state index contributed by atoms with van der Waals surface area (Å²) in [5, 5.41) is 0. The number of benzene rings is 1. The standard InChI is InChI=1S/C9H9F2NO4/c1-13-6-4-8-7(3-5(6)12-14-2)15-9(10,11)16-8/h3-4,12H,1-2H3/p+1. The number of methoxy groups -OCH3 is 1. The first-order chi connectivity index (χ1) is 7.55. The monoisotopic (exact) mass is 234 g/mol. The van der Waals surface area contributed by atoms with E-state index in [0.29, 0.717) is 11.4 Å². The fourth-order valence-corrected chi connectivity index (χ4v) is 1.39. The number of nitrogens with two attached hydrogens (primary N) is 1. The Morgan fingerprint density at radius 2 is 1.81 bits per heavy atom. The van der Waals surface area contributed by atoms with Crippen molar-refractivity contribution in [3.05, 3.63) is 12.1 Å². The molecule has 5 nitrogen and oxygen atoms in total. The molecule has 7 heteroatoms. The van der Waals surface area contributed by atoms with Crippen LogP contribution in [0.25, 0.3) is 0 Å². The van der Waals surface area contributed by atoms with Gasteiger partial charge in [0.15, 0.2) is 17.2 Å². The molecule has 1 heterocycles. The van der Waals surface area contributed by atoms with Crippen LogP contribution in [0.5, 0.6) is 17.2 Å². The SMILES string of the molecule is CO[NH2+]c1cc2c(cc1OC)OC(F)(F)O2. The Morgan fingerprint density at radius 3 is 2.38 bits per heavy atom. The van der Waals surface area contributed by atoms with Crippen LogP contribution in [0.3, 0.4) is 0 Å². The Kier molecular flexibility index (Phi) is 2.56. The zero-order chi connectivity index (χ0) is 11.8. The fourth-order valence-electron chi connectivity index (χ4n) is 1.39. The second-order valence-electron chi connectivity index (χ2n) is 3.06. The van der Waals surface area contributed by atoms with Crippen molar-refractivity contribution >= 4 is 5.69 Å². The molecule has 88 valence electrons. The van der Waals surface area contributed by atoms with Gasteiger partial charge >= 0.3 is 6.29 Å². The normalized spacial score (nSPS) is 16.2. The molecule has 0 aliphatic carbocycles. The lowest BCUT2D eigenvalue weighted by molar-refractivity contribution is -0.830. The number of ether oxygens (including phenoxy) is 3. The maximum Gasteiger partial charge on any atom is 0.586 e. The molecule has 0 radical (unpaired) electrons. The predicted octanol–water partition coefficient (Wildman–Crippen LogP) is 0.773. The molecule has 0 spiro atoms. The second kappa shape index (κ2) is 3.76. The molecule has 1 aromatic carbocycles. The predicted molar refractivity (Wildman–Crippen MR) is 47.8 cm³/mol. The van der Waals surface area contributed by atoms with Crippen LogP contribution in [0.4, 0.5) is 14.5 Å². The number of alkyl halides is 2. The van der Waals surface area contributed by atoms with E-state index >= 15 is 0 Å². The number of fused-ring (bicyclic) bond motifs is 1. The number of hydrogen-bond donors (Lipinski definition) is 1. The first-order valence-corrected chi connectivity index (χ1v) is 4.39. The van der Waals surface area contributed by atoms with Crippen LogP contribution in [0.1, 0.15) is 0 Å². The molecule has 0 amide bonds. The highest BCUT2D eigenvalue weighted by atomic mass is 19.3. The molecule has 0 aromatic heterocycles. The van der Waals surface area contributed by atoms with E-state index in [1.54, 1.807) is 0 Å². The molecular weight excluding hydrogens is 224 g/mol. The molecule has 0 saturated heterocycles. The van der Waals surface area contributed by atoms with Gasteiger partial charge in [-0.25, -0.2) is 4.84 Å². The Morgan fingerprint density at radius 1 is 1.19 bits per heavy atom. The maximum absolute atomic E-state index is 12.8. The first-order valence-electron chi connectivity index (χ1n) is 4.39. The number of halogens is 2. The van der Waals surface area contributed by atoms with Crippen LogP contribution in [0.2, 0.25) is 0 Å². The number of hydrogen-bond acceptors (Lipinski definition) is 4. The molecule has 1 aliphatic heterocycles. The summed E-state index contributed by atoms with van der Waals surface area (Å²) in [5.74, 6) is 0.256. The van der Waals surface area contributed by atoms with Crippen molar-refractivity contribution in [3.63, 3.8) is 0 Å². The molecule has 1 aliphatic rings. The maximum atomic E-state index is 12.8. The summed E-state index contributed by atoms with van der Waals surface area (Å²) < 4.78 is 39.1. The van der Waals surface area contributed by atoms with Crippen LogP contribution in [0, 0.1) is 0 Å². The minimum absolute atomic E-state index is 0.0471. The molecule has 2 rings (SSSR count). The van der Waals surface area contributed by atoms with Crippen LogP contribution in [-0.2, 0) is 4.84 Å². The minimum Gasteiger partial charge on any atom is -0.491 e. The lowest BCUT2D eigenvalue weighted by atomic mass is 10.2. The van der Waals surface area contributed by atoms with Crippen molar-refractivity contribution in [2.45, 2.75) is 6.29 Å². The van der Waals surface area contributed by atoms with Crippen molar-refractivity contribution in [2.75, 3.05) is 14.2 Å². The summed E-state index contributed by atoms with van der Waals surface area (Å²) in [6.07, 6.45) is -3.63. The van der Waals surface area contributed by atoms with Crippen LogP contribution >= 0.6 is 0 Å². The van der Waals surface area contributed by atoms with E-state index in [9.17, 15) is 8.78 Å². The van der Waals surface area contributed by atoms with Gasteiger partial charge in [-0.2, -0.15) is 5.48 Å². The van der Waals surface area contributed by atoms with Gasteiger partial charge in [0.1, 0.15) is 0 Å². The zero-order valence-electron chi connectivity index (χ0n) is 8.62. The summed E-state index contributed by atoms with van der Waals surface area (Å²) in [6.45, 7) is 0. The Bertz CT molecular complexity index is 411. The molecule has 0 fully saturated rings.